The van der Waals surface area contributed by atoms with Crippen LogP contribution < -0.4 is 0 Å². The van der Waals surface area contributed by atoms with E-state index < -0.39 is 0 Å². The topological polar surface area (TPSA) is 30.7 Å². The summed E-state index contributed by atoms with van der Waals surface area (Å²) in [6.07, 6.45) is 1.85. The quantitative estimate of drug-likeness (QED) is 0.670. The van der Waals surface area contributed by atoms with Crippen molar-refractivity contribution in [3.8, 4) is 11.1 Å². The Hall–Kier alpha value is -2.26. The summed E-state index contributed by atoms with van der Waals surface area (Å²) in [4.78, 5) is 12.3. The van der Waals surface area contributed by atoms with Crippen molar-refractivity contribution in [1.29, 1.82) is 0 Å². The van der Waals surface area contributed by atoms with E-state index >= 15 is 0 Å². The molecule has 4 heteroatoms. The van der Waals surface area contributed by atoms with Crippen LogP contribution in [0.25, 0.3) is 16.6 Å². The first kappa shape index (κ1) is 13.7. The molecule has 1 aromatic carbocycles. The molecular weight excluding hydrogens is 286 g/mol. The van der Waals surface area contributed by atoms with E-state index in [4.69, 9.17) is 16.3 Å². The second-order valence-corrected chi connectivity index (χ2v) is 5.01. The fraction of sp³-hybridized carbons (Fsp3) is 0.118. The van der Waals surface area contributed by atoms with Gasteiger partial charge in [-0.2, -0.15) is 0 Å². The van der Waals surface area contributed by atoms with Crippen LogP contribution in [0.1, 0.15) is 17.4 Å². The molecule has 106 valence electrons. The zero-order valence-corrected chi connectivity index (χ0v) is 12.3. The number of carbonyl (C=O) groups excluding carboxylic acids is 1. The van der Waals surface area contributed by atoms with Crippen molar-refractivity contribution in [3.63, 3.8) is 0 Å². The molecule has 0 aliphatic heterocycles. The molecule has 2 heterocycles. The van der Waals surface area contributed by atoms with E-state index in [1.807, 2.05) is 59.1 Å². The molecule has 0 fully saturated rings. The normalized spacial score (nSPS) is 10.8. The Kier molecular flexibility index (Phi) is 3.67. The maximum atomic E-state index is 12.3. The molecule has 0 amide bonds. The third-order valence-electron chi connectivity index (χ3n) is 3.31. The van der Waals surface area contributed by atoms with Gasteiger partial charge in [0.2, 0.25) is 0 Å². The van der Waals surface area contributed by atoms with Gasteiger partial charge in [0.15, 0.2) is 0 Å². The monoisotopic (exact) mass is 299 g/mol. The van der Waals surface area contributed by atoms with Gasteiger partial charge in [0.25, 0.3) is 0 Å². The van der Waals surface area contributed by atoms with E-state index in [1.54, 1.807) is 6.92 Å². The van der Waals surface area contributed by atoms with Crippen LogP contribution in [0.3, 0.4) is 0 Å². The van der Waals surface area contributed by atoms with Crippen LogP contribution in [0.5, 0.6) is 0 Å². The van der Waals surface area contributed by atoms with Crippen molar-refractivity contribution in [2.45, 2.75) is 6.92 Å². The summed E-state index contributed by atoms with van der Waals surface area (Å²) in [5.41, 5.74) is 3.03. The second-order valence-electron chi connectivity index (χ2n) is 4.60. The van der Waals surface area contributed by atoms with Gasteiger partial charge in [-0.15, -0.1) is 0 Å². The molecule has 0 saturated heterocycles. The molecule has 3 nitrogen and oxygen atoms in total. The maximum Gasteiger partial charge on any atom is 0.355 e. The standard InChI is InChI=1S/C17H14ClNO2/c1-2-21-17(20)16-14(13-8-3-4-9-15(13)18)11-12-7-5-6-10-19(12)16/h3-11H,2H2,1H3. The predicted molar refractivity (Wildman–Crippen MR) is 83.8 cm³/mol. The lowest BCUT2D eigenvalue weighted by Gasteiger charge is -2.07. The van der Waals surface area contributed by atoms with E-state index in [9.17, 15) is 4.79 Å². The summed E-state index contributed by atoms with van der Waals surface area (Å²) in [5, 5.41) is 0.610. The van der Waals surface area contributed by atoms with Crippen molar-refractivity contribution >= 4 is 23.1 Å². The highest BCUT2D eigenvalue weighted by Gasteiger charge is 2.20. The Morgan fingerprint density at radius 2 is 1.90 bits per heavy atom. The number of rotatable bonds is 3. The molecule has 3 rings (SSSR count). The number of hydrogen-bond acceptors (Lipinski definition) is 2. The van der Waals surface area contributed by atoms with Crippen LogP contribution in [0.15, 0.2) is 54.7 Å². The van der Waals surface area contributed by atoms with Gasteiger partial charge in [-0.25, -0.2) is 4.79 Å². The number of pyridine rings is 1. The summed E-state index contributed by atoms with van der Waals surface area (Å²) >= 11 is 6.28. The van der Waals surface area contributed by atoms with Crippen molar-refractivity contribution in [2.24, 2.45) is 0 Å². The Bertz CT molecular complexity index is 807. The Balaban J connectivity index is 2.29. The Labute approximate surface area is 127 Å². The highest BCUT2D eigenvalue weighted by Crippen LogP contribution is 2.33. The number of ether oxygens (including phenoxy) is 1. The largest absolute Gasteiger partial charge is 0.461 e. The van der Waals surface area contributed by atoms with E-state index in [2.05, 4.69) is 0 Å². The van der Waals surface area contributed by atoms with Crippen LogP contribution in [-0.2, 0) is 4.74 Å². The number of hydrogen-bond donors (Lipinski definition) is 0. The minimum Gasteiger partial charge on any atom is -0.461 e. The van der Waals surface area contributed by atoms with Crippen LogP contribution in [-0.4, -0.2) is 17.0 Å². The molecule has 0 radical (unpaired) electrons. The first-order chi connectivity index (χ1) is 10.2. The summed E-state index contributed by atoms with van der Waals surface area (Å²) in [5.74, 6) is -0.349. The van der Waals surface area contributed by atoms with E-state index in [-0.39, 0.29) is 5.97 Å². The number of nitrogens with zero attached hydrogens (tertiary/aromatic N) is 1. The number of benzene rings is 1. The number of carbonyl (C=O) groups is 1. The van der Waals surface area contributed by atoms with Crippen molar-refractivity contribution in [3.05, 3.63) is 65.4 Å². The summed E-state index contributed by atoms with van der Waals surface area (Å²) in [6.45, 7) is 2.13. The molecule has 3 aromatic rings. The van der Waals surface area contributed by atoms with E-state index in [0.717, 1.165) is 16.6 Å². The number of esters is 1. The highest BCUT2D eigenvalue weighted by molar-refractivity contribution is 6.33. The lowest BCUT2D eigenvalue weighted by Crippen LogP contribution is -2.09. The van der Waals surface area contributed by atoms with Gasteiger partial charge >= 0.3 is 5.97 Å². The lowest BCUT2D eigenvalue weighted by atomic mass is 10.1. The second kappa shape index (κ2) is 5.62. The fourth-order valence-corrected chi connectivity index (χ4v) is 2.65. The van der Waals surface area contributed by atoms with E-state index in [1.165, 1.54) is 0 Å². The van der Waals surface area contributed by atoms with Gasteiger partial charge in [0, 0.05) is 27.9 Å². The smallest absolute Gasteiger partial charge is 0.355 e. The number of fused-ring (bicyclic) bond motifs is 1. The lowest BCUT2D eigenvalue weighted by molar-refractivity contribution is 0.0519. The first-order valence-corrected chi connectivity index (χ1v) is 7.12. The average molecular weight is 300 g/mol. The molecular formula is C17H14ClNO2. The van der Waals surface area contributed by atoms with Crippen molar-refractivity contribution in [2.75, 3.05) is 6.61 Å². The zero-order chi connectivity index (χ0) is 14.8. The average Bonchev–Trinajstić information content (AvgIpc) is 2.87. The van der Waals surface area contributed by atoms with Gasteiger partial charge in [-0.05, 0) is 31.2 Å². The summed E-state index contributed by atoms with van der Waals surface area (Å²) in [7, 11) is 0. The van der Waals surface area contributed by atoms with Crippen molar-refractivity contribution in [1.82, 2.24) is 4.40 Å². The van der Waals surface area contributed by atoms with Crippen LogP contribution >= 0.6 is 11.6 Å². The molecule has 21 heavy (non-hydrogen) atoms. The Morgan fingerprint density at radius 1 is 1.14 bits per heavy atom. The van der Waals surface area contributed by atoms with Crippen LogP contribution in [0.4, 0.5) is 0 Å². The van der Waals surface area contributed by atoms with Crippen LogP contribution in [0, 0.1) is 0 Å². The third-order valence-corrected chi connectivity index (χ3v) is 3.64. The molecule has 0 atom stereocenters. The Morgan fingerprint density at radius 3 is 2.67 bits per heavy atom. The zero-order valence-electron chi connectivity index (χ0n) is 11.5. The van der Waals surface area contributed by atoms with Gasteiger partial charge in [-0.1, -0.05) is 35.9 Å². The first-order valence-electron chi connectivity index (χ1n) is 6.74. The number of halogens is 1. The van der Waals surface area contributed by atoms with Gasteiger partial charge in [-0.3, -0.25) is 0 Å². The molecule has 0 aliphatic carbocycles. The minimum absolute atomic E-state index is 0.334. The van der Waals surface area contributed by atoms with Gasteiger partial charge in [0.05, 0.1) is 6.61 Å². The third kappa shape index (κ3) is 2.41. The maximum absolute atomic E-state index is 12.3. The molecule has 0 saturated carbocycles. The minimum atomic E-state index is -0.349. The molecule has 0 bridgehead atoms. The SMILES string of the molecule is CCOC(=O)c1c(-c2ccccc2Cl)cc2ccccn12. The van der Waals surface area contributed by atoms with Crippen LogP contribution in [0.2, 0.25) is 5.02 Å². The van der Waals surface area contributed by atoms with E-state index in [0.29, 0.717) is 17.3 Å². The molecule has 0 spiro atoms. The fourth-order valence-electron chi connectivity index (χ4n) is 2.42. The summed E-state index contributed by atoms with van der Waals surface area (Å²) in [6, 6.07) is 15.2. The molecule has 0 unspecified atom stereocenters. The van der Waals surface area contributed by atoms with Crippen molar-refractivity contribution < 1.29 is 9.53 Å². The van der Waals surface area contributed by atoms with Gasteiger partial charge in [0.1, 0.15) is 5.69 Å². The highest BCUT2D eigenvalue weighted by atomic mass is 35.5. The molecule has 0 aliphatic rings. The summed E-state index contributed by atoms with van der Waals surface area (Å²) < 4.78 is 7.02. The van der Waals surface area contributed by atoms with Gasteiger partial charge < -0.3 is 9.14 Å². The predicted octanol–water partition coefficient (Wildman–Crippen LogP) is 4.44. The number of aromatic nitrogens is 1. The molecule has 0 N–H and O–H groups in total. The molecule has 2 aromatic heterocycles.